The second kappa shape index (κ2) is 10.6. The Balaban J connectivity index is 2.07. The van der Waals surface area contributed by atoms with Gasteiger partial charge in [0, 0.05) is 5.56 Å². The molecule has 0 saturated heterocycles. The third-order valence-electron chi connectivity index (χ3n) is 9.07. The second-order valence-corrected chi connectivity index (χ2v) is 12.4. The van der Waals surface area contributed by atoms with Gasteiger partial charge in [0.05, 0.1) is 5.41 Å². The molecule has 1 N–H and O–H groups in total. The zero-order valence-electron chi connectivity index (χ0n) is 24.0. The van der Waals surface area contributed by atoms with E-state index in [9.17, 15) is 19.5 Å². The number of aliphatic hydroxyl groups is 1. The molecule has 0 aromatic heterocycles. The van der Waals surface area contributed by atoms with Crippen LogP contribution < -0.4 is 0 Å². The lowest BCUT2D eigenvalue weighted by molar-refractivity contribution is -0.176. The molecule has 0 amide bonds. The molecule has 4 nitrogen and oxygen atoms in total. The summed E-state index contributed by atoms with van der Waals surface area (Å²) in [4.78, 5) is 44.2. The Morgan fingerprint density at radius 2 is 1.41 bits per heavy atom. The minimum Gasteiger partial charge on any atom is -0.506 e. The van der Waals surface area contributed by atoms with E-state index >= 15 is 0 Å². The van der Waals surface area contributed by atoms with Crippen LogP contribution in [0.1, 0.15) is 71.9 Å². The standard InChI is InChI=1S/C35H40O4/c1-23(2)17-18-27-22-34(21-25-13-9-7-10-14-25)30(37)28(29(36)26-15-11-8-12-16-26)31(38)35(32(34)39,33(27,5)6)20-19-24(3)4/h7-17,19,27,36H,18,20-22H2,1-6H3/b29-28+/t27-,34-,35+/m1/s1. The van der Waals surface area contributed by atoms with Crippen molar-refractivity contribution in [1.82, 2.24) is 0 Å². The third kappa shape index (κ3) is 4.64. The van der Waals surface area contributed by atoms with Gasteiger partial charge in [0.25, 0.3) is 0 Å². The van der Waals surface area contributed by atoms with Crippen LogP contribution in [0.15, 0.2) is 89.5 Å². The summed E-state index contributed by atoms with van der Waals surface area (Å²) in [6.45, 7) is 12.0. The largest absolute Gasteiger partial charge is 0.506 e. The second-order valence-electron chi connectivity index (χ2n) is 12.4. The first-order valence-electron chi connectivity index (χ1n) is 13.8. The van der Waals surface area contributed by atoms with Gasteiger partial charge in [-0.3, -0.25) is 14.4 Å². The van der Waals surface area contributed by atoms with Gasteiger partial charge in [-0.1, -0.05) is 97.8 Å². The van der Waals surface area contributed by atoms with Crippen molar-refractivity contribution in [2.75, 3.05) is 0 Å². The maximum Gasteiger partial charge on any atom is 0.184 e. The minimum absolute atomic E-state index is 0.0901. The summed E-state index contributed by atoms with van der Waals surface area (Å²) in [5.74, 6) is -1.82. The molecule has 204 valence electrons. The summed E-state index contributed by atoms with van der Waals surface area (Å²) in [7, 11) is 0. The van der Waals surface area contributed by atoms with Gasteiger partial charge in [0.15, 0.2) is 17.3 Å². The number of Topliss-reactive ketones (excluding diaryl/α,β-unsaturated/α-hetero) is 3. The van der Waals surface area contributed by atoms with Crippen molar-refractivity contribution in [3.8, 4) is 0 Å². The summed E-state index contributed by atoms with van der Waals surface area (Å²) in [5, 5.41) is 11.5. The molecule has 2 aromatic carbocycles. The lowest BCUT2D eigenvalue weighted by Crippen LogP contribution is -2.70. The predicted molar refractivity (Wildman–Crippen MR) is 156 cm³/mol. The van der Waals surface area contributed by atoms with E-state index in [1.165, 1.54) is 0 Å². The molecule has 4 rings (SSSR count). The van der Waals surface area contributed by atoms with Crippen LogP contribution in [0.4, 0.5) is 0 Å². The number of benzene rings is 2. The summed E-state index contributed by atoms with van der Waals surface area (Å²) >= 11 is 0. The zero-order chi connectivity index (χ0) is 28.6. The summed E-state index contributed by atoms with van der Waals surface area (Å²) < 4.78 is 0. The first kappa shape index (κ1) is 28.5. The summed E-state index contributed by atoms with van der Waals surface area (Å²) in [5.41, 5.74) is -0.507. The molecule has 0 unspecified atom stereocenters. The minimum atomic E-state index is -1.48. The average Bonchev–Trinajstić information content (AvgIpc) is 2.90. The van der Waals surface area contributed by atoms with Crippen molar-refractivity contribution in [3.63, 3.8) is 0 Å². The predicted octanol–water partition coefficient (Wildman–Crippen LogP) is 7.65. The number of hydrogen-bond donors (Lipinski definition) is 1. The Bertz CT molecular complexity index is 1370. The van der Waals surface area contributed by atoms with Crippen LogP contribution in [-0.2, 0) is 20.8 Å². The highest BCUT2D eigenvalue weighted by Gasteiger charge is 2.73. The molecule has 2 fully saturated rings. The molecular weight excluding hydrogens is 484 g/mol. The number of allylic oxidation sites excluding steroid dienone is 5. The van der Waals surface area contributed by atoms with E-state index in [1.54, 1.807) is 24.3 Å². The fourth-order valence-corrected chi connectivity index (χ4v) is 6.66. The van der Waals surface area contributed by atoms with Gasteiger partial charge in [-0.15, -0.1) is 0 Å². The topological polar surface area (TPSA) is 71.4 Å². The van der Waals surface area contributed by atoms with E-state index in [4.69, 9.17) is 0 Å². The van der Waals surface area contributed by atoms with Gasteiger partial charge in [-0.25, -0.2) is 0 Å². The van der Waals surface area contributed by atoms with Gasteiger partial charge < -0.3 is 5.11 Å². The highest BCUT2D eigenvalue weighted by molar-refractivity contribution is 6.41. The molecule has 0 radical (unpaired) electrons. The van der Waals surface area contributed by atoms with Gasteiger partial charge in [0.1, 0.15) is 16.7 Å². The van der Waals surface area contributed by atoms with Crippen LogP contribution in [0.5, 0.6) is 0 Å². The maximum atomic E-state index is 14.9. The smallest absolute Gasteiger partial charge is 0.184 e. The zero-order valence-corrected chi connectivity index (χ0v) is 24.0. The average molecular weight is 525 g/mol. The lowest BCUT2D eigenvalue weighted by Gasteiger charge is -2.60. The van der Waals surface area contributed by atoms with Crippen molar-refractivity contribution in [1.29, 1.82) is 0 Å². The van der Waals surface area contributed by atoms with E-state index in [0.29, 0.717) is 18.4 Å². The van der Waals surface area contributed by atoms with Gasteiger partial charge in [0.2, 0.25) is 0 Å². The van der Waals surface area contributed by atoms with Crippen molar-refractivity contribution >= 4 is 23.1 Å². The molecular formula is C35H40O4. The number of fused-ring (bicyclic) bond motifs is 2. The van der Waals surface area contributed by atoms with Crippen molar-refractivity contribution in [2.45, 2.75) is 67.2 Å². The quantitative estimate of drug-likeness (QED) is 0.133. The fraction of sp³-hybridized carbons (Fsp3) is 0.400. The first-order valence-corrected chi connectivity index (χ1v) is 13.8. The Morgan fingerprint density at radius 1 is 0.846 bits per heavy atom. The molecule has 39 heavy (non-hydrogen) atoms. The number of rotatable bonds is 7. The molecule has 0 spiro atoms. The van der Waals surface area contributed by atoms with Gasteiger partial charge >= 0.3 is 0 Å². The van der Waals surface area contributed by atoms with E-state index in [-0.39, 0.29) is 35.9 Å². The Labute approximate surface area is 232 Å². The SMILES string of the molecule is CC(C)=CC[C@@H]1C[C@]2(Cc3ccccc3)C(=O)/C(=C(\O)c3ccccc3)C(=O)[C@@](CC=C(C)C)(C2=O)C1(C)C. The van der Waals surface area contributed by atoms with E-state index < -0.39 is 27.8 Å². The van der Waals surface area contributed by atoms with E-state index in [1.807, 2.05) is 84.0 Å². The Hall–Kier alpha value is -3.53. The third-order valence-corrected chi connectivity index (χ3v) is 9.07. The van der Waals surface area contributed by atoms with Crippen molar-refractivity contribution < 1.29 is 19.5 Å². The molecule has 3 atom stereocenters. The monoisotopic (exact) mass is 524 g/mol. The van der Waals surface area contributed by atoms with Crippen molar-refractivity contribution in [2.24, 2.45) is 22.2 Å². The molecule has 2 bridgehead atoms. The highest BCUT2D eigenvalue weighted by atomic mass is 16.3. The Kier molecular flexibility index (Phi) is 7.71. The lowest BCUT2D eigenvalue weighted by atomic mass is 9.38. The number of ketones is 3. The van der Waals surface area contributed by atoms with Crippen LogP contribution in [0.25, 0.3) is 5.76 Å². The molecule has 2 saturated carbocycles. The van der Waals surface area contributed by atoms with E-state index in [2.05, 4.69) is 6.08 Å². The number of carbonyl (C=O) groups excluding carboxylic acids is 3. The summed E-state index contributed by atoms with van der Waals surface area (Å²) in [6, 6.07) is 18.3. The molecule has 2 aliphatic carbocycles. The van der Waals surface area contributed by atoms with E-state index in [0.717, 1.165) is 16.7 Å². The van der Waals surface area contributed by atoms with Gasteiger partial charge in [-0.05, 0) is 70.3 Å². The number of carbonyl (C=O) groups is 3. The molecule has 4 heteroatoms. The van der Waals surface area contributed by atoms with Gasteiger partial charge in [-0.2, -0.15) is 0 Å². The number of aliphatic hydroxyl groups excluding tert-OH is 1. The van der Waals surface area contributed by atoms with Crippen LogP contribution in [0.3, 0.4) is 0 Å². The normalized spacial score (nSPS) is 27.1. The summed E-state index contributed by atoms with van der Waals surface area (Å²) in [6.07, 6.45) is 5.48. The van der Waals surface area contributed by atoms with Crippen LogP contribution in [0, 0.1) is 22.2 Å². The van der Waals surface area contributed by atoms with Crippen LogP contribution in [0.2, 0.25) is 0 Å². The highest BCUT2D eigenvalue weighted by Crippen LogP contribution is 2.65. The molecule has 2 aliphatic rings. The van der Waals surface area contributed by atoms with Crippen molar-refractivity contribution in [3.05, 3.63) is 101 Å². The van der Waals surface area contributed by atoms with Crippen LogP contribution in [-0.4, -0.2) is 22.5 Å². The maximum absolute atomic E-state index is 14.9. The van der Waals surface area contributed by atoms with Crippen LogP contribution >= 0.6 is 0 Å². The Morgan fingerprint density at radius 3 is 1.97 bits per heavy atom. The number of hydrogen-bond acceptors (Lipinski definition) is 4. The molecule has 2 aromatic rings. The fourth-order valence-electron chi connectivity index (χ4n) is 6.66. The molecule has 0 heterocycles. The first-order chi connectivity index (χ1) is 18.4. The molecule has 0 aliphatic heterocycles.